The average molecular weight is 342 g/mol. The summed E-state index contributed by atoms with van der Waals surface area (Å²) in [6.07, 6.45) is 0. The van der Waals surface area contributed by atoms with Crippen molar-refractivity contribution < 1.29 is 0 Å². The summed E-state index contributed by atoms with van der Waals surface area (Å²) >= 11 is 0. The van der Waals surface area contributed by atoms with Gasteiger partial charge in [-0.3, -0.25) is 0 Å². The van der Waals surface area contributed by atoms with Gasteiger partial charge in [-0.15, -0.1) is 0 Å². The molecule has 0 aliphatic heterocycles. The Morgan fingerprint density at radius 2 is 0.852 bits per heavy atom. The van der Waals surface area contributed by atoms with Crippen LogP contribution in [0, 0.1) is 0 Å². The summed E-state index contributed by atoms with van der Waals surface area (Å²) in [6.45, 7) is 0. The van der Waals surface area contributed by atoms with Crippen molar-refractivity contribution in [3.63, 3.8) is 0 Å². The topological polar surface area (TPSA) is 0 Å². The minimum absolute atomic E-state index is 1.25. The maximum Gasteiger partial charge on any atom is 0.140 e. The van der Waals surface area contributed by atoms with Gasteiger partial charge in [-0.25, -0.2) is 0 Å². The molecule has 0 fully saturated rings. The third kappa shape index (κ3) is 2.55. The third-order valence-corrected chi connectivity index (χ3v) is 5.48. The van der Waals surface area contributed by atoms with Crippen LogP contribution in [0.15, 0.2) is 103 Å². The standard InChI is InChI=1S/C26H19B/c27-26-23-16-8-6-14-21(23)25(22-15-7-9-17-24(22)26)20-13-5-4-12-19(20)18-10-2-1-3-11-18/h1-17H,27H2. The van der Waals surface area contributed by atoms with E-state index in [1.807, 2.05) is 0 Å². The first-order valence-corrected chi connectivity index (χ1v) is 9.39. The van der Waals surface area contributed by atoms with Crippen LogP contribution < -0.4 is 5.46 Å². The molecule has 0 saturated heterocycles. The summed E-state index contributed by atoms with van der Waals surface area (Å²) in [5, 5.41) is 5.29. The van der Waals surface area contributed by atoms with Crippen LogP contribution in [0.25, 0.3) is 43.8 Å². The zero-order valence-corrected chi connectivity index (χ0v) is 15.3. The molecule has 0 nitrogen and oxygen atoms in total. The summed E-state index contributed by atoms with van der Waals surface area (Å²) < 4.78 is 0. The van der Waals surface area contributed by atoms with Gasteiger partial charge in [0.05, 0.1) is 0 Å². The Morgan fingerprint density at radius 3 is 1.44 bits per heavy atom. The Bertz CT molecular complexity index is 1210. The Morgan fingerprint density at radius 1 is 0.407 bits per heavy atom. The van der Waals surface area contributed by atoms with Gasteiger partial charge in [0, 0.05) is 0 Å². The van der Waals surface area contributed by atoms with Crippen molar-refractivity contribution in [1.82, 2.24) is 0 Å². The van der Waals surface area contributed by atoms with Gasteiger partial charge in [0.15, 0.2) is 0 Å². The van der Waals surface area contributed by atoms with Crippen LogP contribution in [0.4, 0.5) is 0 Å². The highest BCUT2D eigenvalue weighted by atomic mass is 14.2. The molecule has 0 heterocycles. The summed E-state index contributed by atoms with van der Waals surface area (Å²) in [5.41, 5.74) is 6.49. The lowest BCUT2D eigenvalue weighted by atomic mass is 9.80. The van der Waals surface area contributed by atoms with Crippen LogP contribution in [0.5, 0.6) is 0 Å². The smallest absolute Gasteiger partial charge is 0.0735 e. The van der Waals surface area contributed by atoms with Crippen molar-refractivity contribution in [1.29, 1.82) is 0 Å². The van der Waals surface area contributed by atoms with E-state index in [-0.39, 0.29) is 0 Å². The Kier molecular flexibility index (Phi) is 3.80. The number of rotatable bonds is 2. The van der Waals surface area contributed by atoms with Crippen molar-refractivity contribution in [2.45, 2.75) is 0 Å². The molecule has 5 aromatic carbocycles. The number of benzene rings is 5. The molecule has 5 aromatic rings. The normalized spacial score (nSPS) is 11.1. The molecule has 126 valence electrons. The molecule has 0 N–H and O–H groups in total. The highest BCUT2D eigenvalue weighted by Crippen LogP contribution is 2.40. The first kappa shape index (κ1) is 15.9. The fourth-order valence-electron chi connectivity index (χ4n) is 4.21. The van der Waals surface area contributed by atoms with E-state index >= 15 is 0 Å². The highest BCUT2D eigenvalue weighted by molar-refractivity contribution is 6.46. The maximum absolute atomic E-state index is 2.26. The van der Waals surface area contributed by atoms with E-state index in [4.69, 9.17) is 0 Å². The van der Waals surface area contributed by atoms with E-state index in [0.717, 1.165) is 0 Å². The zero-order chi connectivity index (χ0) is 18.2. The van der Waals surface area contributed by atoms with Gasteiger partial charge >= 0.3 is 0 Å². The summed E-state index contributed by atoms with van der Waals surface area (Å²) in [7, 11) is 2.23. The largest absolute Gasteiger partial charge is 0.140 e. The quantitative estimate of drug-likeness (QED) is 0.290. The minimum Gasteiger partial charge on any atom is -0.0735 e. The van der Waals surface area contributed by atoms with Gasteiger partial charge in [-0.1, -0.05) is 109 Å². The monoisotopic (exact) mass is 342 g/mol. The summed E-state index contributed by atoms with van der Waals surface area (Å²) in [6, 6.07) is 37.0. The van der Waals surface area contributed by atoms with E-state index in [1.54, 1.807) is 0 Å². The number of fused-ring (bicyclic) bond motifs is 2. The highest BCUT2D eigenvalue weighted by Gasteiger charge is 2.15. The molecule has 0 unspecified atom stereocenters. The Hall–Kier alpha value is -3.32. The summed E-state index contributed by atoms with van der Waals surface area (Å²) in [4.78, 5) is 0. The van der Waals surface area contributed by atoms with Gasteiger partial charge in [-0.05, 0) is 43.8 Å². The average Bonchev–Trinajstić information content (AvgIpc) is 2.75. The molecule has 0 spiro atoms. The molecule has 0 aliphatic rings. The molecule has 0 aliphatic carbocycles. The molecule has 5 rings (SSSR count). The molecular weight excluding hydrogens is 323 g/mol. The van der Waals surface area contributed by atoms with E-state index in [1.165, 1.54) is 49.3 Å². The van der Waals surface area contributed by atoms with E-state index < -0.39 is 0 Å². The molecule has 0 atom stereocenters. The second-order valence-corrected chi connectivity index (χ2v) is 7.00. The fraction of sp³-hybridized carbons (Fsp3) is 0. The first-order chi connectivity index (χ1) is 13.3. The van der Waals surface area contributed by atoms with E-state index in [9.17, 15) is 0 Å². The van der Waals surface area contributed by atoms with Gasteiger partial charge in [0.1, 0.15) is 7.85 Å². The maximum atomic E-state index is 2.26. The minimum atomic E-state index is 1.25. The molecule has 27 heavy (non-hydrogen) atoms. The van der Waals surface area contributed by atoms with Crippen molar-refractivity contribution in [2.75, 3.05) is 0 Å². The lowest BCUT2D eigenvalue weighted by Crippen LogP contribution is -2.07. The van der Waals surface area contributed by atoms with Crippen LogP contribution >= 0.6 is 0 Å². The number of hydrogen-bond donors (Lipinski definition) is 0. The number of hydrogen-bond acceptors (Lipinski definition) is 0. The van der Waals surface area contributed by atoms with Crippen LogP contribution in [0.2, 0.25) is 0 Å². The van der Waals surface area contributed by atoms with E-state index in [2.05, 4.69) is 111 Å². The second kappa shape index (κ2) is 6.44. The van der Waals surface area contributed by atoms with Crippen LogP contribution in [-0.2, 0) is 0 Å². The first-order valence-electron chi connectivity index (χ1n) is 9.39. The summed E-state index contributed by atoms with van der Waals surface area (Å²) in [5.74, 6) is 0. The van der Waals surface area contributed by atoms with E-state index in [0.29, 0.717) is 0 Å². The molecule has 0 saturated carbocycles. The van der Waals surface area contributed by atoms with Crippen molar-refractivity contribution in [2.24, 2.45) is 0 Å². The molecule has 0 radical (unpaired) electrons. The van der Waals surface area contributed by atoms with Gasteiger partial charge in [0.25, 0.3) is 0 Å². The predicted octanol–water partition coefficient (Wildman–Crippen LogP) is 5.59. The lowest BCUT2D eigenvalue weighted by Gasteiger charge is -2.18. The Balaban J connectivity index is 1.96. The van der Waals surface area contributed by atoms with Crippen molar-refractivity contribution >= 4 is 34.9 Å². The molecule has 0 aromatic heterocycles. The fourth-order valence-corrected chi connectivity index (χ4v) is 4.21. The second-order valence-electron chi connectivity index (χ2n) is 7.00. The van der Waals surface area contributed by atoms with Crippen molar-refractivity contribution in [3.05, 3.63) is 103 Å². The Labute approximate surface area is 160 Å². The molecular formula is C26H19B. The zero-order valence-electron chi connectivity index (χ0n) is 15.3. The SMILES string of the molecule is Bc1c2ccccc2c(-c2ccccc2-c2ccccc2)c2ccccc12. The van der Waals surface area contributed by atoms with Crippen molar-refractivity contribution in [3.8, 4) is 22.3 Å². The lowest BCUT2D eigenvalue weighted by molar-refractivity contribution is 1.61. The van der Waals surface area contributed by atoms with Gasteiger partial charge in [0.2, 0.25) is 0 Å². The van der Waals surface area contributed by atoms with Crippen LogP contribution in [0.1, 0.15) is 0 Å². The van der Waals surface area contributed by atoms with Gasteiger partial charge in [-0.2, -0.15) is 0 Å². The molecule has 0 amide bonds. The van der Waals surface area contributed by atoms with Gasteiger partial charge < -0.3 is 0 Å². The molecule has 0 bridgehead atoms. The molecule has 1 heteroatoms. The van der Waals surface area contributed by atoms with Crippen LogP contribution in [0.3, 0.4) is 0 Å². The third-order valence-electron chi connectivity index (χ3n) is 5.48. The predicted molar refractivity (Wildman–Crippen MR) is 121 cm³/mol. The van der Waals surface area contributed by atoms with Crippen LogP contribution in [-0.4, -0.2) is 7.85 Å².